The molecule has 1 heterocycles. The number of non-ortho nitro benzene ring substituents is 1. The molecule has 2 amide bonds. The molecular formula is C20H23N3O6S2. The molecule has 0 saturated heterocycles. The van der Waals surface area contributed by atoms with Crippen molar-refractivity contribution < 1.29 is 24.0 Å². The van der Waals surface area contributed by atoms with E-state index in [2.05, 4.69) is 5.32 Å². The average Bonchev–Trinajstić information content (AvgIpc) is 3.27. The third-order valence-electron chi connectivity index (χ3n) is 4.26. The number of nitro groups is 1. The predicted molar refractivity (Wildman–Crippen MR) is 119 cm³/mol. The van der Waals surface area contributed by atoms with Crippen molar-refractivity contribution in [3.63, 3.8) is 0 Å². The minimum absolute atomic E-state index is 0.0582. The van der Waals surface area contributed by atoms with Crippen LogP contribution in [0, 0.1) is 10.1 Å². The highest BCUT2D eigenvalue weighted by molar-refractivity contribution is 7.98. The maximum atomic E-state index is 12.5. The van der Waals surface area contributed by atoms with Crippen LogP contribution in [-0.4, -0.2) is 59.3 Å². The van der Waals surface area contributed by atoms with Crippen LogP contribution in [0.1, 0.15) is 21.7 Å². The summed E-state index contributed by atoms with van der Waals surface area (Å²) in [6.45, 7) is -0.0311. The first kappa shape index (κ1) is 24.4. The van der Waals surface area contributed by atoms with Gasteiger partial charge in [0.25, 0.3) is 17.5 Å². The summed E-state index contributed by atoms with van der Waals surface area (Å²) in [4.78, 5) is 50.0. The number of rotatable bonds is 11. The molecule has 166 valence electrons. The Morgan fingerprint density at radius 2 is 2.06 bits per heavy atom. The SMILES string of the molecule is CSCCC(NC(=O)c1cccc([N+](=O)[O-])c1)C(=O)OCC(=O)N(C)Cc1cccs1. The van der Waals surface area contributed by atoms with Crippen LogP contribution in [0.2, 0.25) is 0 Å². The number of nitrogens with zero attached hydrogens (tertiary/aromatic N) is 2. The molecule has 1 aromatic heterocycles. The number of nitro benzene ring substituents is 1. The van der Waals surface area contributed by atoms with Crippen molar-refractivity contribution >= 4 is 46.6 Å². The lowest BCUT2D eigenvalue weighted by atomic mass is 10.1. The van der Waals surface area contributed by atoms with Gasteiger partial charge in [-0.3, -0.25) is 19.7 Å². The topological polar surface area (TPSA) is 119 Å². The smallest absolute Gasteiger partial charge is 0.329 e. The molecule has 1 unspecified atom stereocenters. The lowest BCUT2D eigenvalue weighted by Crippen LogP contribution is -2.43. The van der Waals surface area contributed by atoms with E-state index in [-0.39, 0.29) is 17.2 Å². The number of thioether (sulfide) groups is 1. The normalized spacial score (nSPS) is 11.4. The van der Waals surface area contributed by atoms with Crippen molar-refractivity contribution in [2.75, 3.05) is 25.7 Å². The lowest BCUT2D eigenvalue weighted by molar-refractivity contribution is -0.384. The van der Waals surface area contributed by atoms with Crippen LogP contribution in [-0.2, 0) is 20.9 Å². The first-order valence-corrected chi connectivity index (χ1v) is 11.6. The van der Waals surface area contributed by atoms with E-state index in [9.17, 15) is 24.5 Å². The molecule has 0 bridgehead atoms. The van der Waals surface area contributed by atoms with Crippen molar-refractivity contribution in [3.8, 4) is 0 Å². The second kappa shape index (κ2) is 12.1. The molecule has 11 heteroatoms. The molecule has 2 rings (SSSR count). The molecule has 31 heavy (non-hydrogen) atoms. The quantitative estimate of drug-likeness (QED) is 0.308. The van der Waals surface area contributed by atoms with Gasteiger partial charge < -0.3 is 15.0 Å². The Balaban J connectivity index is 1.96. The van der Waals surface area contributed by atoms with E-state index >= 15 is 0 Å². The molecule has 0 spiro atoms. The van der Waals surface area contributed by atoms with Crippen molar-refractivity contribution in [1.82, 2.24) is 10.2 Å². The number of carbonyl (C=O) groups excluding carboxylic acids is 3. The van der Waals surface area contributed by atoms with Crippen molar-refractivity contribution in [3.05, 3.63) is 62.3 Å². The number of nitrogens with one attached hydrogen (secondary N) is 1. The van der Waals surface area contributed by atoms with Crippen molar-refractivity contribution in [2.24, 2.45) is 0 Å². The van der Waals surface area contributed by atoms with Crippen LogP contribution in [0.15, 0.2) is 41.8 Å². The van der Waals surface area contributed by atoms with Gasteiger partial charge in [0.15, 0.2) is 6.61 Å². The number of thiophene rings is 1. The number of benzene rings is 1. The molecule has 0 aliphatic rings. The predicted octanol–water partition coefficient (Wildman–Crippen LogP) is 2.71. The second-order valence-corrected chi connectivity index (χ2v) is 8.57. The zero-order chi connectivity index (χ0) is 22.8. The molecule has 1 atom stereocenters. The molecule has 0 fully saturated rings. The van der Waals surface area contributed by atoms with Gasteiger partial charge in [-0.25, -0.2) is 4.79 Å². The highest BCUT2D eigenvalue weighted by Crippen LogP contribution is 2.14. The largest absolute Gasteiger partial charge is 0.454 e. The summed E-state index contributed by atoms with van der Waals surface area (Å²) in [7, 11) is 1.62. The summed E-state index contributed by atoms with van der Waals surface area (Å²) in [6, 6.07) is 8.03. The fraction of sp³-hybridized carbons (Fsp3) is 0.350. The maximum Gasteiger partial charge on any atom is 0.329 e. The highest BCUT2D eigenvalue weighted by Gasteiger charge is 2.24. The van der Waals surface area contributed by atoms with Gasteiger partial charge >= 0.3 is 5.97 Å². The number of hydrogen-bond donors (Lipinski definition) is 1. The van der Waals surface area contributed by atoms with Crippen molar-refractivity contribution in [1.29, 1.82) is 0 Å². The van der Waals surface area contributed by atoms with Crippen LogP contribution in [0.5, 0.6) is 0 Å². The van der Waals surface area contributed by atoms with Gasteiger partial charge in [-0.2, -0.15) is 11.8 Å². The van der Waals surface area contributed by atoms with Gasteiger partial charge in [-0.05, 0) is 35.9 Å². The van der Waals surface area contributed by atoms with Crippen molar-refractivity contribution in [2.45, 2.75) is 19.0 Å². The third-order valence-corrected chi connectivity index (χ3v) is 5.76. The Kier molecular flexibility index (Phi) is 9.47. The molecule has 9 nitrogen and oxygen atoms in total. The minimum Gasteiger partial charge on any atom is -0.454 e. The Morgan fingerprint density at radius 1 is 1.29 bits per heavy atom. The van der Waals surface area contributed by atoms with E-state index < -0.39 is 29.4 Å². The number of ether oxygens (including phenoxy) is 1. The van der Waals surface area contributed by atoms with E-state index in [0.717, 1.165) is 10.9 Å². The van der Waals surface area contributed by atoms with Crippen LogP contribution < -0.4 is 5.32 Å². The average molecular weight is 466 g/mol. The molecule has 0 aliphatic carbocycles. The summed E-state index contributed by atoms with van der Waals surface area (Å²) in [5.74, 6) is -1.16. The number of carbonyl (C=O) groups is 3. The molecule has 2 aromatic rings. The fourth-order valence-electron chi connectivity index (χ4n) is 2.56. The number of amides is 2. The van der Waals surface area contributed by atoms with Gasteiger partial charge in [-0.1, -0.05) is 12.1 Å². The first-order valence-electron chi connectivity index (χ1n) is 9.29. The van der Waals surface area contributed by atoms with E-state index in [1.807, 2.05) is 23.8 Å². The minimum atomic E-state index is -0.977. The summed E-state index contributed by atoms with van der Waals surface area (Å²) in [5.41, 5.74) is -0.168. The van der Waals surface area contributed by atoms with E-state index in [0.29, 0.717) is 18.7 Å². The van der Waals surface area contributed by atoms with E-state index in [1.54, 1.807) is 7.05 Å². The van der Waals surface area contributed by atoms with Gasteiger partial charge in [0.05, 0.1) is 11.5 Å². The summed E-state index contributed by atoms with van der Waals surface area (Å²) < 4.78 is 5.14. The molecule has 0 saturated carbocycles. The zero-order valence-corrected chi connectivity index (χ0v) is 18.7. The monoisotopic (exact) mass is 465 g/mol. The second-order valence-electron chi connectivity index (χ2n) is 6.55. The molecular weight excluding hydrogens is 442 g/mol. The van der Waals surface area contributed by atoms with Crippen LogP contribution in [0.4, 0.5) is 5.69 Å². The summed E-state index contributed by atoms with van der Waals surface area (Å²) >= 11 is 3.01. The Bertz CT molecular complexity index is 919. The highest BCUT2D eigenvalue weighted by atomic mass is 32.2. The number of likely N-dealkylation sites (N-methyl/N-ethyl adjacent to an activating group) is 1. The van der Waals surface area contributed by atoms with Gasteiger partial charge in [0.2, 0.25) is 0 Å². The third kappa shape index (κ3) is 7.68. The molecule has 1 N–H and O–H groups in total. The zero-order valence-electron chi connectivity index (χ0n) is 17.1. The van der Waals surface area contributed by atoms with Gasteiger partial charge in [0, 0.05) is 29.6 Å². The van der Waals surface area contributed by atoms with E-state index in [1.165, 1.54) is 46.2 Å². The van der Waals surface area contributed by atoms with Crippen LogP contribution in [0.3, 0.4) is 0 Å². The lowest BCUT2D eigenvalue weighted by Gasteiger charge is -2.19. The fourth-order valence-corrected chi connectivity index (χ4v) is 3.78. The van der Waals surface area contributed by atoms with Crippen LogP contribution >= 0.6 is 23.1 Å². The Labute approximate surface area is 187 Å². The molecule has 0 aliphatic heterocycles. The first-order chi connectivity index (χ1) is 14.8. The standard InChI is InChI=1S/C20H23N3O6S2/c1-22(12-16-7-4-9-31-16)18(24)13-29-20(26)17(8-10-30-2)21-19(25)14-5-3-6-15(11-14)23(27)28/h3-7,9,11,17H,8,10,12-13H2,1-2H3,(H,21,25). The summed E-state index contributed by atoms with van der Waals surface area (Å²) in [5, 5.41) is 15.4. The summed E-state index contributed by atoms with van der Waals surface area (Å²) in [6.07, 6.45) is 2.15. The van der Waals surface area contributed by atoms with Crippen LogP contribution in [0.25, 0.3) is 0 Å². The van der Waals surface area contributed by atoms with Gasteiger partial charge in [-0.15, -0.1) is 11.3 Å². The molecule has 1 aromatic carbocycles. The number of esters is 1. The number of hydrogen-bond acceptors (Lipinski definition) is 8. The maximum absolute atomic E-state index is 12.5. The Hall–Kier alpha value is -2.92. The Morgan fingerprint density at radius 3 is 2.71 bits per heavy atom. The van der Waals surface area contributed by atoms with E-state index in [4.69, 9.17) is 4.74 Å². The molecule has 0 radical (unpaired) electrons. The van der Waals surface area contributed by atoms with Gasteiger partial charge in [0.1, 0.15) is 6.04 Å².